The number of aryl methyl sites for hydroxylation is 2. The number of methoxy groups -OCH3 is 1. The van der Waals surface area contributed by atoms with Crippen LogP contribution in [0, 0.1) is 6.92 Å². The fraction of sp³-hybridized carbons (Fsp3) is 0.350. The van der Waals surface area contributed by atoms with Crippen molar-refractivity contribution in [3.05, 3.63) is 53.6 Å². The molecule has 1 aliphatic rings. The predicted octanol–water partition coefficient (Wildman–Crippen LogP) is 3.78. The molecule has 1 N–H and O–H groups in total. The van der Waals surface area contributed by atoms with Crippen LogP contribution in [0.25, 0.3) is 0 Å². The largest absolute Gasteiger partial charge is 0.495 e. The van der Waals surface area contributed by atoms with Crippen LogP contribution in [-0.2, 0) is 11.2 Å². The molecule has 4 nitrogen and oxygen atoms in total. The second-order valence-electron chi connectivity index (χ2n) is 6.29. The van der Waals surface area contributed by atoms with Crippen molar-refractivity contribution in [2.24, 2.45) is 0 Å². The van der Waals surface area contributed by atoms with Crippen LogP contribution in [0.2, 0.25) is 0 Å². The van der Waals surface area contributed by atoms with Crippen molar-refractivity contribution >= 4 is 17.3 Å². The lowest BCUT2D eigenvalue weighted by molar-refractivity contribution is -0.117. The van der Waals surface area contributed by atoms with Crippen LogP contribution in [0.4, 0.5) is 11.4 Å². The van der Waals surface area contributed by atoms with Crippen molar-refractivity contribution in [1.29, 1.82) is 0 Å². The molecule has 1 amide bonds. The molecule has 0 bridgehead atoms. The molecule has 2 aromatic carbocycles. The highest BCUT2D eigenvalue weighted by Gasteiger charge is 2.26. The summed E-state index contributed by atoms with van der Waals surface area (Å²) in [6, 6.07) is 13.7. The maximum absolute atomic E-state index is 12.7. The molecule has 24 heavy (non-hydrogen) atoms. The first kappa shape index (κ1) is 16.4. The Bertz CT molecular complexity index is 742. The average molecular weight is 324 g/mol. The van der Waals surface area contributed by atoms with E-state index in [1.807, 2.05) is 31.2 Å². The lowest BCUT2D eigenvalue weighted by Gasteiger charge is -2.35. The molecular formula is C20H24N2O2. The highest BCUT2D eigenvalue weighted by molar-refractivity contribution is 5.98. The lowest BCUT2D eigenvalue weighted by atomic mass is 9.98. The zero-order valence-electron chi connectivity index (χ0n) is 14.5. The van der Waals surface area contributed by atoms with Crippen molar-refractivity contribution in [1.82, 2.24) is 0 Å². The van der Waals surface area contributed by atoms with Crippen LogP contribution in [0.1, 0.15) is 24.5 Å². The molecule has 1 heterocycles. The van der Waals surface area contributed by atoms with E-state index in [4.69, 9.17) is 4.74 Å². The van der Waals surface area contributed by atoms with Gasteiger partial charge >= 0.3 is 0 Å². The number of ether oxygens (including phenoxy) is 1. The molecule has 126 valence electrons. The van der Waals surface area contributed by atoms with Crippen LogP contribution in [0.5, 0.6) is 5.75 Å². The summed E-state index contributed by atoms with van der Waals surface area (Å²) in [5.74, 6) is 0.653. The van der Waals surface area contributed by atoms with Gasteiger partial charge in [0.2, 0.25) is 5.91 Å². The van der Waals surface area contributed by atoms with Gasteiger partial charge in [-0.3, -0.25) is 4.79 Å². The molecule has 0 radical (unpaired) electrons. The number of anilines is 2. The minimum Gasteiger partial charge on any atom is -0.495 e. The smallest absolute Gasteiger partial charge is 0.246 e. The van der Waals surface area contributed by atoms with Crippen molar-refractivity contribution < 1.29 is 9.53 Å². The first-order valence-electron chi connectivity index (χ1n) is 8.40. The van der Waals surface area contributed by atoms with E-state index < -0.39 is 0 Å². The van der Waals surface area contributed by atoms with Crippen LogP contribution >= 0.6 is 0 Å². The van der Waals surface area contributed by atoms with Gasteiger partial charge in [-0.05, 0) is 50.5 Å². The third kappa shape index (κ3) is 3.23. The minimum atomic E-state index is -0.239. The quantitative estimate of drug-likeness (QED) is 0.930. The Kier molecular flexibility index (Phi) is 4.74. The Morgan fingerprint density at radius 2 is 2.04 bits per heavy atom. The van der Waals surface area contributed by atoms with Crippen molar-refractivity contribution in [2.45, 2.75) is 32.7 Å². The summed E-state index contributed by atoms with van der Waals surface area (Å²) in [7, 11) is 1.61. The van der Waals surface area contributed by atoms with Crippen molar-refractivity contribution in [3.63, 3.8) is 0 Å². The zero-order valence-corrected chi connectivity index (χ0v) is 14.5. The van der Waals surface area contributed by atoms with Gasteiger partial charge in [-0.15, -0.1) is 0 Å². The van der Waals surface area contributed by atoms with E-state index in [0.717, 1.165) is 19.4 Å². The molecule has 0 saturated heterocycles. The molecule has 1 aliphatic heterocycles. The molecule has 2 aromatic rings. The average Bonchev–Trinajstić information content (AvgIpc) is 2.60. The normalized spacial score (nSPS) is 14.7. The molecule has 0 saturated carbocycles. The summed E-state index contributed by atoms with van der Waals surface area (Å²) in [6.07, 6.45) is 2.15. The Hall–Kier alpha value is -2.49. The van der Waals surface area contributed by atoms with E-state index in [1.54, 1.807) is 7.11 Å². The van der Waals surface area contributed by atoms with E-state index in [0.29, 0.717) is 11.4 Å². The Labute approximate surface area is 143 Å². The lowest BCUT2D eigenvalue weighted by Crippen LogP contribution is -2.44. The Morgan fingerprint density at radius 1 is 1.25 bits per heavy atom. The summed E-state index contributed by atoms with van der Waals surface area (Å²) in [6.45, 7) is 4.97. The van der Waals surface area contributed by atoms with Gasteiger partial charge < -0.3 is 15.0 Å². The highest BCUT2D eigenvalue weighted by atomic mass is 16.5. The number of nitrogens with one attached hydrogen (secondary N) is 1. The number of carbonyl (C=O) groups excluding carboxylic acids is 1. The summed E-state index contributed by atoms with van der Waals surface area (Å²) in [5.41, 5.74) is 4.48. The topological polar surface area (TPSA) is 41.6 Å². The predicted molar refractivity (Wildman–Crippen MR) is 97.9 cm³/mol. The van der Waals surface area contributed by atoms with Gasteiger partial charge in [0.25, 0.3) is 0 Å². The van der Waals surface area contributed by atoms with Gasteiger partial charge in [0, 0.05) is 12.2 Å². The number of amides is 1. The molecule has 0 aromatic heterocycles. The molecule has 0 aliphatic carbocycles. The van der Waals surface area contributed by atoms with E-state index in [-0.39, 0.29) is 11.9 Å². The number of hydrogen-bond acceptors (Lipinski definition) is 3. The van der Waals surface area contributed by atoms with E-state index >= 15 is 0 Å². The molecule has 0 fully saturated rings. The fourth-order valence-electron chi connectivity index (χ4n) is 3.28. The fourth-order valence-corrected chi connectivity index (χ4v) is 3.28. The SMILES string of the molecule is COc1ccccc1NC(=O)[C@@H](C)N1CCCc2cc(C)ccc21. The van der Waals surface area contributed by atoms with E-state index in [9.17, 15) is 4.79 Å². The summed E-state index contributed by atoms with van der Waals surface area (Å²) >= 11 is 0. The molecule has 4 heteroatoms. The summed E-state index contributed by atoms with van der Waals surface area (Å²) in [4.78, 5) is 14.9. The second kappa shape index (κ2) is 6.95. The van der Waals surface area contributed by atoms with Crippen LogP contribution < -0.4 is 15.0 Å². The third-order valence-corrected chi connectivity index (χ3v) is 4.60. The number of carbonyl (C=O) groups is 1. The number of hydrogen-bond donors (Lipinski definition) is 1. The van der Waals surface area contributed by atoms with Gasteiger partial charge in [0.1, 0.15) is 11.8 Å². The third-order valence-electron chi connectivity index (χ3n) is 4.60. The molecule has 1 atom stereocenters. The maximum Gasteiger partial charge on any atom is 0.246 e. The molecular weight excluding hydrogens is 300 g/mol. The second-order valence-corrected chi connectivity index (χ2v) is 6.29. The molecule has 3 rings (SSSR count). The van der Waals surface area contributed by atoms with E-state index in [1.165, 1.54) is 16.8 Å². The minimum absolute atomic E-state index is 0.0204. The number of fused-ring (bicyclic) bond motifs is 1. The number of rotatable bonds is 4. The van der Waals surface area contributed by atoms with E-state index in [2.05, 4.69) is 35.3 Å². The first-order valence-corrected chi connectivity index (χ1v) is 8.40. The molecule has 0 unspecified atom stereocenters. The van der Waals surface area contributed by atoms with Crippen LogP contribution in [-0.4, -0.2) is 25.6 Å². The van der Waals surface area contributed by atoms with Crippen molar-refractivity contribution in [3.8, 4) is 5.75 Å². The monoisotopic (exact) mass is 324 g/mol. The van der Waals surface area contributed by atoms with Crippen molar-refractivity contribution in [2.75, 3.05) is 23.9 Å². The number of nitrogens with zero attached hydrogens (tertiary/aromatic N) is 1. The van der Waals surface area contributed by atoms with Gasteiger partial charge in [0.15, 0.2) is 0 Å². The first-order chi connectivity index (χ1) is 11.6. The maximum atomic E-state index is 12.7. The number of benzene rings is 2. The summed E-state index contributed by atoms with van der Waals surface area (Å²) < 4.78 is 5.31. The summed E-state index contributed by atoms with van der Waals surface area (Å²) in [5, 5.41) is 3.00. The zero-order chi connectivity index (χ0) is 17.1. The number of para-hydroxylation sites is 2. The molecule has 0 spiro atoms. The Morgan fingerprint density at radius 3 is 2.83 bits per heavy atom. The van der Waals surface area contributed by atoms with Gasteiger partial charge in [-0.1, -0.05) is 29.8 Å². The Balaban J connectivity index is 1.80. The standard InChI is InChI=1S/C20H24N2O2/c1-14-10-11-18-16(13-14)7-6-12-22(18)15(2)20(23)21-17-8-4-5-9-19(17)24-3/h4-5,8-11,13,15H,6-7,12H2,1-3H3,(H,21,23)/t15-/m1/s1. The van der Waals surface area contributed by atoms with Gasteiger partial charge in [-0.25, -0.2) is 0 Å². The van der Waals surface area contributed by atoms with Crippen LogP contribution in [0.3, 0.4) is 0 Å². The van der Waals surface area contributed by atoms with Gasteiger partial charge in [-0.2, -0.15) is 0 Å². The van der Waals surface area contributed by atoms with Crippen LogP contribution in [0.15, 0.2) is 42.5 Å². The van der Waals surface area contributed by atoms with Gasteiger partial charge in [0.05, 0.1) is 12.8 Å². The highest BCUT2D eigenvalue weighted by Crippen LogP contribution is 2.30.